The van der Waals surface area contributed by atoms with E-state index in [1.54, 1.807) is 12.4 Å². The highest BCUT2D eigenvalue weighted by Crippen LogP contribution is 2.29. The van der Waals surface area contributed by atoms with Crippen LogP contribution in [0.15, 0.2) is 36.7 Å². The number of hydrogen-bond acceptors (Lipinski definition) is 4. The molecular weight excluding hydrogens is 214 g/mol. The van der Waals surface area contributed by atoms with Crippen LogP contribution in [0.1, 0.15) is 13.8 Å². The average Bonchev–Trinajstić information content (AvgIpc) is 2.30. The van der Waals surface area contributed by atoms with E-state index >= 15 is 0 Å². The fourth-order valence-corrected chi connectivity index (χ4v) is 1.54. The van der Waals surface area contributed by atoms with Crippen LogP contribution >= 0.6 is 0 Å². The second-order valence-electron chi connectivity index (χ2n) is 3.99. The summed E-state index contributed by atoms with van der Waals surface area (Å²) in [5.74, 6) is 1.10. The molecule has 0 amide bonds. The van der Waals surface area contributed by atoms with Gasteiger partial charge in [0.15, 0.2) is 0 Å². The van der Waals surface area contributed by atoms with Crippen molar-refractivity contribution in [1.29, 1.82) is 0 Å². The molecule has 4 heteroatoms. The summed E-state index contributed by atoms with van der Waals surface area (Å²) in [4.78, 5) is 7.97. The molecule has 0 saturated carbocycles. The van der Waals surface area contributed by atoms with Crippen LogP contribution in [0.2, 0.25) is 0 Å². The molecule has 0 aliphatic carbocycles. The van der Waals surface area contributed by atoms with Crippen molar-refractivity contribution in [3.05, 3.63) is 36.7 Å². The standard InChI is InChI=1S/C13H15N3O/c1-9(2)17-12-6-4-3-5-11(12)10-7-15-13(14)16-8-10/h3-9H,1-2H3,(H2,14,15,16). The monoisotopic (exact) mass is 229 g/mol. The Morgan fingerprint density at radius 3 is 2.41 bits per heavy atom. The van der Waals surface area contributed by atoms with E-state index in [1.807, 2.05) is 38.1 Å². The molecule has 2 rings (SSSR count). The molecule has 2 N–H and O–H groups in total. The van der Waals surface area contributed by atoms with Crippen molar-refractivity contribution in [1.82, 2.24) is 9.97 Å². The van der Waals surface area contributed by atoms with Crippen LogP contribution in [0.4, 0.5) is 5.95 Å². The Balaban J connectivity index is 2.40. The maximum Gasteiger partial charge on any atom is 0.219 e. The summed E-state index contributed by atoms with van der Waals surface area (Å²) in [5.41, 5.74) is 7.34. The molecule has 0 radical (unpaired) electrons. The predicted molar refractivity (Wildman–Crippen MR) is 67.6 cm³/mol. The molecule has 0 atom stereocenters. The fraction of sp³-hybridized carbons (Fsp3) is 0.231. The van der Waals surface area contributed by atoms with E-state index in [4.69, 9.17) is 10.5 Å². The normalized spacial score (nSPS) is 10.5. The van der Waals surface area contributed by atoms with E-state index in [0.717, 1.165) is 16.9 Å². The van der Waals surface area contributed by atoms with Crippen LogP contribution in [-0.4, -0.2) is 16.1 Å². The lowest BCUT2D eigenvalue weighted by Gasteiger charge is -2.13. The number of rotatable bonds is 3. The average molecular weight is 229 g/mol. The van der Waals surface area contributed by atoms with E-state index in [1.165, 1.54) is 0 Å². The van der Waals surface area contributed by atoms with Gasteiger partial charge in [-0.25, -0.2) is 9.97 Å². The lowest BCUT2D eigenvalue weighted by atomic mass is 10.1. The molecule has 0 spiro atoms. The summed E-state index contributed by atoms with van der Waals surface area (Å²) < 4.78 is 5.74. The Morgan fingerprint density at radius 2 is 1.76 bits per heavy atom. The smallest absolute Gasteiger partial charge is 0.219 e. The minimum Gasteiger partial charge on any atom is -0.490 e. The van der Waals surface area contributed by atoms with Crippen molar-refractivity contribution < 1.29 is 4.74 Å². The molecule has 88 valence electrons. The third kappa shape index (κ3) is 2.72. The Bertz CT molecular complexity index is 494. The van der Waals surface area contributed by atoms with E-state index in [2.05, 4.69) is 9.97 Å². The van der Waals surface area contributed by atoms with Crippen molar-refractivity contribution in [2.45, 2.75) is 20.0 Å². The summed E-state index contributed by atoms with van der Waals surface area (Å²) in [5, 5.41) is 0. The first-order chi connectivity index (χ1) is 8.16. The van der Waals surface area contributed by atoms with Crippen molar-refractivity contribution in [3.8, 4) is 16.9 Å². The SMILES string of the molecule is CC(C)Oc1ccccc1-c1cnc(N)nc1. The van der Waals surface area contributed by atoms with Gasteiger partial charge in [0.25, 0.3) is 0 Å². The highest BCUT2D eigenvalue weighted by atomic mass is 16.5. The van der Waals surface area contributed by atoms with E-state index in [0.29, 0.717) is 0 Å². The van der Waals surface area contributed by atoms with E-state index < -0.39 is 0 Å². The highest BCUT2D eigenvalue weighted by Gasteiger charge is 2.07. The minimum atomic E-state index is 0.130. The Hall–Kier alpha value is -2.10. The Morgan fingerprint density at radius 1 is 1.12 bits per heavy atom. The number of nitrogens with two attached hydrogens (primary N) is 1. The van der Waals surface area contributed by atoms with E-state index in [9.17, 15) is 0 Å². The lowest BCUT2D eigenvalue weighted by molar-refractivity contribution is 0.243. The maximum atomic E-state index is 5.74. The highest BCUT2D eigenvalue weighted by molar-refractivity contribution is 5.69. The third-order valence-corrected chi connectivity index (χ3v) is 2.23. The second kappa shape index (κ2) is 4.82. The number of aromatic nitrogens is 2. The molecule has 17 heavy (non-hydrogen) atoms. The molecule has 1 heterocycles. The van der Waals surface area contributed by atoms with Gasteiger partial charge in [0.2, 0.25) is 5.95 Å². The van der Waals surface area contributed by atoms with Gasteiger partial charge >= 0.3 is 0 Å². The number of ether oxygens (including phenoxy) is 1. The van der Waals surface area contributed by atoms with Crippen molar-refractivity contribution in [3.63, 3.8) is 0 Å². The van der Waals surface area contributed by atoms with E-state index in [-0.39, 0.29) is 12.1 Å². The topological polar surface area (TPSA) is 61.0 Å². The third-order valence-electron chi connectivity index (χ3n) is 2.23. The van der Waals surface area contributed by atoms with Gasteiger partial charge in [-0.05, 0) is 19.9 Å². The van der Waals surface area contributed by atoms with Gasteiger partial charge < -0.3 is 10.5 Å². The molecular formula is C13H15N3O. The summed E-state index contributed by atoms with van der Waals surface area (Å²) in [7, 11) is 0. The lowest BCUT2D eigenvalue weighted by Crippen LogP contribution is -2.06. The van der Waals surface area contributed by atoms with Crippen LogP contribution in [0.25, 0.3) is 11.1 Å². The first kappa shape index (κ1) is 11.4. The van der Waals surface area contributed by atoms with Crippen LogP contribution in [-0.2, 0) is 0 Å². The molecule has 1 aromatic heterocycles. The maximum absolute atomic E-state index is 5.74. The number of hydrogen-bond donors (Lipinski definition) is 1. The number of nitrogens with zero attached hydrogens (tertiary/aromatic N) is 2. The molecule has 0 unspecified atom stereocenters. The zero-order valence-corrected chi connectivity index (χ0v) is 9.92. The van der Waals surface area contributed by atoms with Gasteiger partial charge in [-0.2, -0.15) is 0 Å². The Kier molecular flexibility index (Phi) is 3.23. The van der Waals surface area contributed by atoms with Crippen LogP contribution < -0.4 is 10.5 Å². The number of anilines is 1. The molecule has 0 aliphatic rings. The zero-order valence-electron chi connectivity index (χ0n) is 9.92. The molecule has 0 saturated heterocycles. The fourth-order valence-electron chi connectivity index (χ4n) is 1.54. The summed E-state index contributed by atoms with van der Waals surface area (Å²) >= 11 is 0. The van der Waals surface area contributed by atoms with Gasteiger partial charge in [-0.15, -0.1) is 0 Å². The van der Waals surface area contributed by atoms with Gasteiger partial charge in [0.1, 0.15) is 5.75 Å². The number of para-hydroxylation sites is 1. The molecule has 4 nitrogen and oxygen atoms in total. The van der Waals surface area contributed by atoms with Crippen LogP contribution in [0.3, 0.4) is 0 Å². The molecule has 0 aliphatic heterocycles. The Labute approximate surface area is 100 Å². The predicted octanol–water partition coefficient (Wildman–Crippen LogP) is 2.51. The van der Waals surface area contributed by atoms with Gasteiger partial charge in [-0.3, -0.25) is 0 Å². The largest absolute Gasteiger partial charge is 0.490 e. The van der Waals surface area contributed by atoms with Crippen LogP contribution in [0.5, 0.6) is 5.75 Å². The zero-order chi connectivity index (χ0) is 12.3. The molecule has 0 fully saturated rings. The van der Waals surface area contributed by atoms with Crippen molar-refractivity contribution >= 4 is 5.95 Å². The quantitative estimate of drug-likeness (QED) is 0.878. The summed E-state index contributed by atoms with van der Waals surface area (Å²) in [6, 6.07) is 7.82. The van der Waals surface area contributed by atoms with Gasteiger partial charge in [-0.1, -0.05) is 18.2 Å². The summed E-state index contributed by atoms with van der Waals surface area (Å²) in [6.45, 7) is 3.99. The minimum absolute atomic E-state index is 0.130. The number of nitrogen functional groups attached to an aromatic ring is 1. The first-order valence-corrected chi connectivity index (χ1v) is 5.50. The molecule has 1 aromatic carbocycles. The second-order valence-corrected chi connectivity index (χ2v) is 3.99. The molecule has 2 aromatic rings. The van der Waals surface area contributed by atoms with Crippen molar-refractivity contribution in [2.24, 2.45) is 0 Å². The van der Waals surface area contributed by atoms with Crippen LogP contribution in [0, 0.1) is 0 Å². The first-order valence-electron chi connectivity index (χ1n) is 5.50. The van der Waals surface area contributed by atoms with Gasteiger partial charge in [0.05, 0.1) is 6.10 Å². The van der Waals surface area contributed by atoms with Gasteiger partial charge in [0, 0.05) is 23.5 Å². The summed E-state index contributed by atoms with van der Waals surface area (Å²) in [6.07, 6.45) is 3.53. The number of benzene rings is 1. The van der Waals surface area contributed by atoms with Crippen molar-refractivity contribution in [2.75, 3.05) is 5.73 Å². The molecule has 0 bridgehead atoms.